The van der Waals surface area contributed by atoms with Crippen LogP contribution in [0.15, 0.2) is 48.2 Å². The predicted octanol–water partition coefficient (Wildman–Crippen LogP) is 4.99. The molecule has 4 heteroatoms. The van der Waals surface area contributed by atoms with E-state index in [2.05, 4.69) is 47.6 Å². The molecule has 0 radical (unpaired) electrons. The maximum absolute atomic E-state index is 10.1. The Balaban J connectivity index is 1.50. The van der Waals surface area contributed by atoms with E-state index >= 15 is 0 Å². The van der Waals surface area contributed by atoms with Crippen LogP contribution in [-0.4, -0.2) is 35.5 Å². The van der Waals surface area contributed by atoms with Crippen molar-refractivity contribution in [3.05, 3.63) is 59.3 Å². The monoisotopic (exact) mass is 381 g/mol. The molecule has 1 aromatic heterocycles. The van der Waals surface area contributed by atoms with Gasteiger partial charge in [0.25, 0.3) is 0 Å². The third-order valence-electron chi connectivity index (χ3n) is 6.02. The van der Waals surface area contributed by atoms with Crippen LogP contribution in [0.3, 0.4) is 0 Å². The molecule has 28 heavy (non-hydrogen) atoms. The third-order valence-corrected chi connectivity index (χ3v) is 6.02. The maximum Gasteiger partial charge on any atom is 0.0853 e. The van der Waals surface area contributed by atoms with Crippen molar-refractivity contribution in [2.24, 2.45) is 0 Å². The molecule has 1 fully saturated rings. The molecule has 4 rings (SSSR count). The van der Waals surface area contributed by atoms with Crippen LogP contribution in [0.5, 0.6) is 0 Å². The molecule has 2 aliphatic rings. The number of nitrogens with one attached hydrogen (secondary N) is 1. The van der Waals surface area contributed by atoms with Gasteiger partial charge in [-0.1, -0.05) is 29.9 Å². The number of aryl methyl sites for hydroxylation is 1. The Bertz CT molecular complexity index is 856. The van der Waals surface area contributed by atoms with Crippen LogP contribution < -0.4 is 0 Å². The summed E-state index contributed by atoms with van der Waals surface area (Å²) in [5.74, 6) is 0. The molecule has 2 N–H and O–H groups in total. The van der Waals surface area contributed by atoms with E-state index in [0.717, 1.165) is 43.2 Å². The van der Waals surface area contributed by atoms with Crippen molar-refractivity contribution in [1.29, 1.82) is 0 Å². The number of ether oxygens (including phenoxy) is 2. The molecule has 1 saturated heterocycles. The SMILES string of the molecule is COC1C=CC(CCc2c[nH]c3ccc(C4C[C@@H](O)C[C@@H](C)O4)cc23)=CCC1. The predicted molar refractivity (Wildman–Crippen MR) is 112 cm³/mol. The number of hydrogen-bond donors (Lipinski definition) is 2. The van der Waals surface area contributed by atoms with Gasteiger partial charge in [-0.15, -0.1) is 0 Å². The number of aliphatic hydroxyl groups is 1. The molecule has 2 unspecified atom stereocenters. The minimum atomic E-state index is -0.278. The number of H-pyrrole nitrogens is 1. The quantitative estimate of drug-likeness (QED) is 0.767. The summed E-state index contributed by atoms with van der Waals surface area (Å²) < 4.78 is 11.6. The average Bonchev–Trinajstić information content (AvgIpc) is 2.94. The van der Waals surface area contributed by atoms with Gasteiger partial charge in [0.1, 0.15) is 0 Å². The van der Waals surface area contributed by atoms with Crippen molar-refractivity contribution in [3.8, 4) is 0 Å². The Kier molecular flexibility index (Phi) is 6.00. The first-order valence-electron chi connectivity index (χ1n) is 10.5. The van der Waals surface area contributed by atoms with Gasteiger partial charge < -0.3 is 19.6 Å². The number of rotatable bonds is 5. The van der Waals surface area contributed by atoms with Gasteiger partial charge in [-0.2, -0.15) is 0 Å². The molecule has 4 nitrogen and oxygen atoms in total. The highest BCUT2D eigenvalue weighted by Crippen LogP contribution is 2.34. The van der Waals surface area contributed by atoms with Crippen LogP contribution in [0.2, 0.25) is 0 Å². The number of fused-ring (bicyclic) bond motifs is 1. The lowest BCUT2D eigenvalue weighted by Crippen LogP contribution is -2.29. The highest BCUT2D eigenvalue weighted by molar-refractivity contribution is 5.84. The van der Waals surface area contributed by atoms with Crippen LogP contribution in [0.25, 0.3) is 10.9 Å². The van der Waals surface area contributed by atoms with E-state index < -0.39 is 0 Å². The van der Waals surface area contributed by atoms with E-state index in [0.29, 0.717) is 6.42 Å². The second-order valence-corrected chi connectivity index (χ2v) is 8.17. The molecule has 1 aliphatic heterocycles. The Morgan fingerprint density at radius 3 is 2.96 bits per heavy atom. The Hall–Kier alpha value is -1.88. The average molecular weight is 382 g/mol. The molecular weight excluding hydrogens is 350 g/mol. The normalized spacial score (nSPS) is 28.3. The lowest BCUT2D eigenvalue weighted by atomic mass is 9.95. The van der Waals surface area contributed by atoms with Gasteiger partial charge in [-0.25, -0.2) is 0 Å². The van der Waals surface area contributed by atoms with E-state index in [4.69, 9.17) is 9.47 Å². The number of aromatic amines is 1. The summed E-state index contributed by atoms with van der Waals surface area (Å²) in [4.78, 5) is 3.40. The van der Waals surface area contributed by atoms with Crippen LogP contribution in [-0.2, 0) is 15.9 Å². The van der Waals surface area contributed by atoms with Gasteiger partial charge >= 0.3 is 0 Å². The molecule has 0 saturated carbocycles. The molecule has 0 amide bonds. The van der Waals surface area contributed by atoms with Crippen LogP contribution in [0.1, 0.15) is 56.3 Å². The zero-order chi connectivity index (χ0) is 19.5. The van der Waals surface area contributed by atoms with E-state index in [9.17, 15) is 5.11 Å². The van der Waals surface area contributed by atoms with E-state index in [1.165, 1.54) is 16.5 Å². The molecule has 1 aromatic carbocycles. The molecule has 0 bridgehead atoms. The molecule has 1 aliphatic carbocycles. The van der Waals surface area contributed by atoms with Gasteiger partial charge in [0.05, 0.1) is 24.4 Å². The Labute approximate surface area is 167 Å². The summed E-state index contributed by atoms with van der Waals surface area (Å²) >= 11 is 0. The summed E-state index contributed by atoms with van der Waals surface area (Å²) in [6.45, 7) is 2.04. The summed E-state index contributed by atoms with van der Waals surface area (Å²) in [6.07, 6.45) is 14.5. The van der Waals surface area contributed by atoms with Gasteiger partial charge in [0.2, 0.25) is 0 Å². The van der Waals surface area contributed by atoms with Gasteiger partial charge in [0, 0.05) is 30.6 Å². The molecule has 0 spiro atoms. The zero-order valence-electron chi connectivity index (χ0n) is 16.9. The van der Waals surface area contributed by atoms with Crippen LogP contribution in [0, 0.1) is 0 Å². The van der Waals surface area contributed by atoms with Crippen molar-refractivity contribution >= 4 is 10.9 Å². The standard InChI is InChI=1S/C24H31NO3/c1-16-12-20(26)14-24(28-16)18-9-11-23-22(13-18)19(15-25-23)8-6-17-4-3-5-21(27-2)10-7-17/h4,7,9-11,13,15-16,20-21,24-26H,3,5-6,8,12,14H2,1-2H3/t16-,20+,21?,24?/m1/s1. The number of methoxy groups -OCH3 is 1. The highest BCUT2D eigenvalue weighted by Gasteiger charge is 2.27. The fraction of sp³-hybridized carbons (Fsp3) is 0.500. The Morgan fingerprint density at radius 2 is 2.14 bits per heavy atom. The van der Waals surface area contributed by atoms with E-state index in [-0.39, 0.29) is 24.4 Å². The molecule has 150 valence electrons. The number of aliphatic hydroxyl groups excluding tert-OH is 1. The molecular formula is C24H31NO3. The van der Waals surface area contributed by atoms with Crippen LogP contribution >= 0.6 is 0 Å². The minimum Gasteiger partial charge on any atom is -0.393 e. The van der Waals surface area contributed by atoms with Crippen molar-refractivity contribution in [2.75, 3.05) is 7.11 Å². The number of aromatic nitrogens is 1. The minimum absolute atomic E-state index is 0.0237. The third kappa shape index (κ3) is 4.40. The second kappa shape index (κ2) is 8.64. The smallest absolute Gasteiger partial charge is 0.0853 e. The van der Waals surface area contributed by atoms with Crippen LogP contribution in [0.4, 0.5) is 0 Å². The lowest BCUT2D eigenvalue weighted by Gasteiger charge is -2.31. The molecule has 4 atom stereocenters. The number of allylic oxidation sites excluding steroid dienone is 3. The maximum atomic E-state index is 10.1. The molecule has 2 aromatic rings. The summed E-state index contributed by atoms with van der Waals surface area (Å²) in [7, 11) is 1.78. The summed E-state index contributed by atoms with van der Waals surface area (Å²) in [5, 5.41) is 11.4. The van der Waals surface area contributed by atoms with Crippen molar-refractivity contribution < 1.29 is 14.6 Å². The number of benzene rings is 1. The van der Waals surface area contributed by atoms with Gasteiger partial charge in [0.15, 0.2) is 0 Å². The first-order valence-corrected chi connectivity index (χ1v) is 10.5. The molecule has 2 heterocycles. The summed E-state index contributed by atoms with van der Waals surface area (Å²) in [6, 6.07) is 6.51. The van der Waals surface area contributed by atoms with Crippen molar-refractivity contribution in [2.45, 2.75) is 69.9 Å². The fourth-order valence-corrected chi connectivity index (χ4v) is 4.42. The zero-order valence-corrected chi connectivity index (χ0v) is 16.9. The Morgan fingerprint density at radius 1 is 1.25 bits per heavy atom. The van der Waals surface area contributed by atoms with Crippen molar-refractivity contribution in [3.63, 3.8) is 0 Å². The number of hydrogen-bond acceptors (Lipinski definition) is 3. The first kappa shape index (κ1) is 19.4. The van der Waals surface area contributed by atoms with E-state index in [1.54, 1.807) is 7.11 Å². The first-order chi connectivity index (χ1) is 13.6. The topological polar surface area (TPSA) is 54.5 Å². The van der Waals surface area contributed by atoms with Crippen molar-refractivity contribution in [1.82, 2.24) is 4.98 Å². The lowest BCUT2D eigenvalue weighted by molar-refractivity contribution is -0.0894. The van der Waals surface area contributed by atoms with Gasteiger partial charge in [-0.05, 0) is 62.3 Å². The second-order valence-electron chi connectivity index (χ2n) is 8.17. The largest absolute Gasteiger partial charge is 0.393 e. The van der Waals surface area contributed by atoms with E-state index in [1.807, 2.05) is 6.92 Å². The summed E-state index contributed by atoms with van der Waals surface area (Å²) in [5.41, 5.74) is 5.05. The highest BCUT2D eigenvalue weighted by atomic mass is 16.5. The fourth-order valence-electron chi connectivity index (χ4n) is 4.42. The van der Waals surface area contributed by atoms with Gasteiger partial charge in [-0.3, -0.25) is 0 Å².